The number of unbranched alkanes of at least 4 members (excludes halogenated alkanes) is 4. The molecule has 13 nitrogen and oxygen atoms in total. The fourth-order valence-corrected chi connectivity index (χ4v) is 5.65. The molecular formula is C42H60AlCl3N2O11. The van der Waals surface area contributed by atoms with Crippen LogP contribution in [0.3, 0.4) is 0 Å². The summed E-state index contributed by atoms with van der Waals surface area (Å²) >= 11 is -1.72. The van der Waals surface area contributed by atoms with Gasteiger partial charge in [0.15, 0.2) is 5.78 Å². The van der Waals surface area contributed by atoms with Gasteiger partial charge in [-0.25, -0.2) is 30.1 Å². The van der Waals surface area contributed by atoms with E-state index >= 15 is 0 Å². The fourth-order valence-electron chi connectivity index (χ4n) is 5.65. The Balaban J connectivity index is 0.00000109. The van der Waals surface area contributed by atoms with Gasteiger partial charge in [0.25, 0.3) is 0 Å². The average molecular weight is 902 g/mol. The van der Waals surface area contributed by atoms with Gasteiger partial charge in [-0.1, -0.05) is 87.2 Å². The third-order valence-corrected chi connectivity index (χ3v) is 8.50. The van der Waals surface area contributed by atoms with Gasteiger partial charge in [-0.2, -0.15) is 0 Å². The summed E-state index contributed by atoms with van der Waals surface area (Å²) in [5.41, 5.74) is 0.754. The van der Waals surface area contributed by atoms with Gasteiger partial charge in [0.2, 0.25) is 11.8 Å². The van der Waals surface area contributed by atoms with Gasteiger partial charge >= 0.3 is 35.3 Å². The molecule has 0 aliphatic carbocycles. The lowest BCUT2D eigenvalue weighted by atomic mass is 9.91. The molecule has 59 heavy (non-hydrogen) atoms. The molecule has 0 aliphatic rings. The third kappa shape index (κ3) is 29.2. The molecule has 0 spiro atoms. The highest BCUT2D eigenvalue weighted by atomic mass is 35.8. The van der Waals surface area contributed by atoms with E-state index in [1.807, 2.05) is 54.6 Å². The second-order valence-electron chi connectivity index (χ2n) is 14.1. The largest absolute Gasteiger partial charge is 0.643 e. The van der Waals surface area contributed by atoms with Crippen molar-refractivity contribution < 1.29 is 52.5 Å². The first-order chi connectivity index (χ1) is 27.7. The van der Waals surface area contributed by atoms with E-state index in [0.717, 1.165) is 24.0 Å². The summed E-state index contributed by atoms with van der Waals surface area (Å²) in [5, 5.41) is 5.58. The van der Waals surface area contributed by atoms with Crippen molar-refractivity contribution in [3.63, 3.8) is 0 Å². The minimum Gasteiger partial charge on any atom is -0.463 e. The van der Waals surface area contributed by atoms with Crippen molar-refractivity contribution in [2.24, 2.45) is 0 Å². The Kier molecular flexibility index (Phi) is 29.3. The van der Waals surface area contributed by atoms with E-state index in [-0.39, 0.29) is 44.0 Å². The third-order valence-electron chi connectivity index (χ3n) is 8.50. The van der Waals surface area contributed by atoms with Crippen LogP contribution in [0.25, 0.3) is 0 Å². The van der Waals surface area contributed by atoms with Crippen molar-refractivity contribution in [3.05, 3.63) is 71.3 Å². The molecular weight excluding hydrogens is 842 g/mol. The SMILES string of the molecule is CC(=O)NC(CCc1ccccc1)(COC(C)=O)COC(C)=O.CCCCCCCC(=O)c1ccc(CCC(COC(C)=O)(COC(C)=O)NC(C)=O)cc1.[Cl][Al]([Cl])[Cl]. The summed E-state index contributed by atoms with van der Waals surface area (Å²) in [7, 11) is 14.8. The van der Waals surface area contributed by atoms with Gasteiger partial charge in [-0.05, 0) is 43.2 Å². The molecule has 0 atom stereocenters. The van der Waals surface area contributed by atoms with E-state index < -0.39 is 46.3 Å². The number of carbonyl (C=O) groups is 7. The van der Waals surface area contributed by atoms with Crippen molar-refractivity contribution in [3.8, 4) is 0 Å². The lowest BCUT2D eigenvalue weighted by Crippen LogP contribution is -2.55. The molecule has 17 heteroatoms. The molecule has 0 aromatic heterocycles. The first-order valence-electron chi connectivity index (χ1n) is 19.4. The quantitative estimate of drug-likeness (QED) is 0.0371. The highest BCUT2D eigenvalue weighted by Gasteiger charge is 2.35. The number of ether oxygens (including phenoxy) is 4. The molecule has 2 amide bonds. The minimum atomic E-state index is -1.72. The van der Waals surface area contributed by atoms with Crippen molar-refractivity contribution >= 4 is 83.0 Å². The number of ketones is 1. The number of halogens is 3. The zero-order valence-corrected chi connectivity index (χ0v) is 38.7. The lowest BCUT2D eigenvalue weighted by Gasteiger charge is -2.33. The molecule has 0 bridgehead atoms. The number of amides is 2. The van der Waals surface area contributed by atoms with Crippen LogP contribution in [0.2, 0.25) is 0 Å². The zero-order valence-electron chi connectivity index (χ0n) is 35.3. The van der Waals surface area contributed by atoms with Crippen LogP contribution in [0.5, 0.6) is 0 Å². The minimum absolute atomic E-state index is 0.0535. The molecule has 2 N–H and O–H groups in total. The molecule has 0 unspecified atom stereocenters. The maximum absolute atomic E-state index is 12.4. The van der Waals surface area contributed by atoms with Crippen molar-refractivity contribution in [1.29, 1.82) is 0 Å². The maximum atomic E-state index is 12.4. The first-order valence-corrected chi connectivity index (χ1v) is 24.7. The molecule has 0 saturated carbocycles. The Labute approximate surface area is 365 Å². The van der Waals surface area contributed by atoms with Gasteiger partial charge in [-0.3, -0.25) is 33.6 Å². The van der Waals surface area contributed by atoms with Crippen molar-refractivity contribution in [2.45, 2.75) is 124 Å². The molecule has 328 valence electrons. The van der Waals surface area contributed by atoms with Gasteiger partial charge in [-0.15, -0.1) is 0 Å². The van der Waals surface area contributed by atoms with Gasteiger partial charge in [0, 0.05) is 53.5 Å². The van der Waals surface area contributed by atoms with Crippen LogP contribution in [-0.2, 0) is 60.6 Å². The monoisotopic (exact) mass is 900 g/mol. The predicted molar refractivity (Wildman–Crippen MR) is 230 cm³/mol. The van der Waals surface area contributed by atoms with E-state index in [2.05, 4.69) is 17.6 Å². The number of benzene rings is 2. The van der Waals surface area contributed by atoms with Gasteiger partial charge < -0.3 is 29.6 Å². The number of esters is 4. The summed E-state index contributed by atoms with van der Waals surface area (Å²) in [6, 6.07) is 17.1. The smallest absolute Gasteiger partial charge is 0.463 e. The Morgan fingerprint density at radius 3 is 1.24 bits per heavy atom. The van der Waals surface area contributed by atoms with Gasteiger partial charge in [0.05, 0.1) is 0 Å². The average Bonchev–Trinajstić information content (AvgIpc) is 3.16. The van der Waals surface area contributed by atoms with E-state index in [4.69, 9.17) is 49.1 Å². The number of aryl methyl sites for hydroxylation is 2. The number of rotatable bonds is 23. The van der Waals surface area contributed by atoms with Crippen LogP contribution < -0.4 is 10.6 Å². The zero-order chi connectivity index (χ0) is 44.9. The molecule has 2 aromatic rings. The lowest BCUT2D eigenvalue weighted by molar-refractivity contribution is -0.151. The van der Waals surface area contributed by atoms with Crippen LogP contribution in [0.4, 0.5) is 0 Å². The summed E-state index contributed by atoms with van der Waals surface area (Å²) in [6.45, 7) is 9.73. The summed E-state index contributed by atoms with van der Waals surface area (Å²) in [5.74, 6) is -2.34. The maximum Gasteiger partial charge on any atom is 0.643 e. The molecule has 0 saturated heterocycles. The summed E-state index contributed by atoms with van der Waals surface area (Å²) < 4.78 is 20.5. The Hall–Kier alpha value is -3.67. The summed E-state index contributed by atoms with van der Waals surface area (Å²) in [4.78, 5) is 80.7. The molecule has 2 rings (SSSR count). The molecule has 0 heterocycles. The normalized spacial score (nSPS) is 10.6. The number of carbonyl (C=O) groups excluding carboxylic acids is 7. The first kappa shape index (κ1) is 55.3. The topological polar surface area (TPSA) is 180 Å². The Morgan fingerprint density at radius 2 is 0.898 bits per heavy atom. The molecule has 2 aromatic carbocycles. The van der Waals surface area contributed by atoms with Crippen LogP contribution in [0.1, 0.15) is 121 Å². The molecule has 0 radical (unpaired) electrons. The molecule has 0 fully saturated rings. The summed E-state index contributed by atoms with van der Waals surface area (Å²) in [6.07, 6.45) is 8.13. The molecule has 0 aliphatic heterocycles. The van der Waals surface area contributed by atoms with Crippen molar-refractivity contribution in [1.82, 2.24) is 10.6 Å². The van der Waals surface area contributed by atoms with E-state index in [0.29, 0.717) is 37.7 Å². The van der Waals surface area contributed by atoms with Crippen LogP contribution >= 0.6 is 30.1 Å². The number of nitrogens with one attached hydrogen (secondary N) is 2. The number of Topliss-reactive ketones (excluding diaryl/α,β-unsaturated/α-hetero) is 1. The van der Waals surface area contributed by atoms with E-state index in [9.17, 15) is 33.6 Å². The second kappa shape index (κ2) is 31.2. The highest BCUT2D eigenvalue weighted by Crippen LogP contribution is 2.20. The van der Waals surface area contributed by atoms with E-state index in [1.54, 1.807) is 0 Å². The van der Waals surface area contributed by atoms with Crippen LogP contribution in [-0.4, -0.2) is 90.4 Å². The van der Waals surface area contributed by atoms with Gasteiger partial charge in [0.1, 0.15) is 37.5 Å². The van der Waals surface area contributed by atoms with Crippen molar-refractivity contribution in [2.75, 3.05) is 26.4 Å². The highest BCUT2D eigenvalue weighted by molar-refractivity contribution is 7.54. The number of hydrogen-bond donors (Lipinski definition) is 2. The second-order valence-corrected chi connectivity index (χ2v) is 20.5. The van der Waals surface area contributed by atoms with Crippen LogP contribution in [0, 0.1) is 0 Å². The van der Waals surface area contributed by atoms with E-state index in [1.165, 1.54) is 60.8 Å². The predicted octanol–water partition coefficient (Wildman–Crippen LogP) is 7.47. The number of hydrogen-bond acceptors (Lipinski definition) is 11. The fraction of sp³-hybridized carbons (Fsp3) is 0.548. The Morgan fingerprint density at radius 1 is 0.542 bits per heavy atom. The standard InChI is InChI=1S/C25H37NO6.C17H23NO5.Al.3ClH/c1-5-6-7-8-9-10-24(30)23-13-11-22(12-14-23)15-16-25(26-19(2)27,17-31-20(3)28)18-32-21(4)29;1-13(19)18-17(11-22-14(2)20,12-23-15(3)21)10-9-16-7-5-4-6-8-16;;;;/h11-14H,5-10,15-18H2,1-4H3,(H,26,27);4-8H,9-12H2,1-3H3,(H,18,19);;3*1H/q;;+3;;;/p-3. The van der Waals surface area contributed by atoms with Crippen LogP contribution in [0.15, 0.2) is 54.6 Å². The Bertz CT molecular complexity index is 1560.